The highest BCUT2D eigenvalue weighted by Crippen LogP contribution is 2.10. The van der Waals surface area contributed by atoms with Gasteiger partial charge >= 0.3 is 0 Å². The van der Waals surface area contributed by atoms with Crippen molar-refractivity contribution in [3.8, 4) is 0 Å². The molecule has 0 saturated heterocycles. The molecule has 2 N–H and O–H groups in total. The second kappa shape index (κ2) is 5.67. The Morgan fingerprint density at radius 1 is 1.43 bits per heavy atom. The molecule has 0 amide bonds. The van der Waals surface area contributed by atoms with Crippen LogP contribution < -0.4 is 5.32 Å². The number of aromatic nitrogens is 2. The lowest BCUT2D eigenvalue weighted by atomic mass is 10.2. The fourth-order valence-corrected chi connectivity index (χ4v) is 1.34. The summed E-state index contributed by atoms with van der Waals surface area (Å²) in [6.07, 6.45) is 4.16. The number of nitrogens with zero attached hydrogens (tertiary/aromatic N) is 2. The first-order valence-electron chi connectivity index (χ1n) is 4.87. The van der Waals surface area contributed by atoms with Gasteiger partial charge in [0.2, 0.25) is 0 Å². The maximum atomic E-state index is 8.64. The van der Waals surface area contributed by atoms with Gasteiger partial charge in [-0.1, -0.05) is 0 Å². The van der Waals surface area contributed by atoms with E-state index in [4.69, 9.17) is 5.11 Å². The highest BCUT2D eigenvalue weighted by atomic mass is 16.3. The zero-order valence-corrected chi connectivity index (χ0v) is 8.70. The molecule has 0 aliphatic rings. The Morgan fingerprint density at radius 2 is 2.14 bits per heavy atom. The molecule has 4 nitrogen and oxygen atoms in total. The first kappa shape index (κ1) is 11.1. The lowest BCUT2D eigenvalue weighted by Gasteiger charge is -2.13. The van der Waals surface area contributed by atoms with Crippen molar-refractivity contribution in [2.45, 2.75) is 26.3 Å². The Hall–Kier alpha value is -1.00. The van der Waals surface area contributed by atoms with E-state index in [1.54, 1.807) is 12.4 Å². The molecule has 0 bridgehead atoms. The second-order valence-electron chi connectivity index (χ2n) is 3.28. The van der Waals surface area contributed by atoms with Crippen molar-refractivity contribution < 1.29 is 5.11 Å². The van der Waals surface area contributed by atoms with Crippen molar-refractivity contribution in [3.63, 3.8) is 0 Å². The molecule has 0 radical (unpaired) electrons. The normalized spacial score (nSPS) is 12.8. The topological polar surface area (TPSA) is 58.0 Å². The molecule has 1 aromatic rings. The van der Waals surface area contributed by atoms with Crippen LogP contribution in [0.2, 0.25) is 0 Å². The average Bonchev–Trinajstić information content (AvgIpc) is 2.18. The summed E-state index contributed by atoms with van der Waals surface area (Å²) in [6, 6.07) is 0.190. The van der Waals surface area contributed by atoms with Gasteiger partial charge in [0, 0.05) is 25.0 Å². The number of aliphatic hydroxyl groups is 1. The van der Waals surface area contributed by atoms with Crippen molar-refractivity contribution in [2.24, 2.45) is 0 Å². The van der Waals surface area contributed by atoms with Crippen LogP contribution in [0.1, 0.15) is 30.8 Å². The quantitative estimate of drug-likeness (QED) is 0.683. The minimum Gasteiger partial charge on any atom is -0.396 e. The summed E-state index contributed by atoms with van der Waals surface area (Å²) in [5, 5.41) is 11.9. The molecule has 1 unspecified atom stereocenters. The highest BCUT2D eigenvalue weighted by Gasteiger charge is 2.08. The number of aryl methyl sites for hydroxylation is 1. The highest BCUT2D eigenvalue weighted by molar-refractivity contribution is 5.12. The molecular weight excluding hydrogens is 178 g/mol. The summed E-state index contributed by atoms with van der Waals surface area (Å²) >= 11 is 0. The number of aliphatic hydroxyl groups excluding tert-OH is 1. The van der Waals surface area contributed by atoms with E-state index in [1.807, 2.05) is 13.8 Å². The third-order valence-corrected chi connectivity index (χ3v) is 2.11. The predicted octanol–water partition coefficient (Wildman–Crippen LogP) is 0.818. The summed E-state index contributed by atoms with van der Waals surface area (Å²) in [5.41, 5.74) is 1.93. The maximum Gasteiger partial charge on any atom is 0.0782 e. The summed E-state index contributed by atoms with van der Waals surface area (Å²) < 4.78 is 0. The van der Waals surface area contributed by atoms with Gasteiger partial charge in [-0.05, 0) is 26.8 Å². The molecule has 78 valence electrons. The lowest BCUT2D eigenvalue weighted by molar-refractivity contribution is 0.283. The molecular formula is C10H17N3O. The van der Waals surface area contributed by atoms with E-state index in [1.165, 1.54) is 0 Å². The van der Waals surface area contributed by atoms with E-state index in [9.17, 15) is 0 Å². The SMILES string of the molecule is Cc1nccnc1C(C)NCCCO. The largest absolute Gasteiger partial charge is 0.396 e. The van der Waals surface area contributed by atoms with Crippen molar-refractivity contribution >= 4 is 0 Å². The molecule has 0 spiro atoms. The van der Waals surface area contributed by atoms with Crippen LogP contribution in [0.3, 0.4) is 0 Å². The van der Waals surface area contributed by atoms with Gasteiger partial charge in [0.25, 0.3) is 0 Å². The Kier molecular flexibility index (Phi) is 4.49. The monoisotopic (exact) mass is 195 g/mol. The number of hydrogen-bond donors (Lipinski definition) is 2. The van der Waals surface area contributed by atoms with Gasteiger partial charge in [-0.3, -0.25) is 9.97 Å². The number of rotatable bonds is 5. The van der Waals surface area contributed by atoms with Gasteiger partial charge in [0.05, 0.1) is 11.4 Å². The van der Waals surface area contributed by atoms with Gasteiger partial charge in [-0.2, -0.15) is 0 Å². The van der Waals surface area contributed by atoms with Crippen molar-refractivity contribution in [1.82, 2.24) is 15.3 Å². The van der Waals surface area contributed by atoms with E-state index >= 15 is 0 Å². The van der Waals surface area contributed by atoms with E-state index in [2.05, 4.69) is 15.3 Å². The molecule has 0 aliphatic carbocycles. The zero-order chi connectivity index (χ0) is 10.4. The maximum absolute atomic E-state index is 8.64. The Bertz CT molecular complexity index is 278. The molecule has 0 saturated carbocycles. The van der Waals surface area contributed by atoms with Crippen LogP contribution in [0, 0.1) is 6.92 Å². The third-order valence-electron chi connectivity index (χ3n) is 2.11. The summed E-state index contributed by atoms with van der Waals surface area (Å²) in [7, 11) is 0. The van der Waals surface area contributed by atoms with Gasteiger partial charge in [0.1, 0.15) is 0 Å². The molecule has 14 heavy (non-hydrogen) atoms. The number of nitrogens with one attached hydrogen (secondary N) is 1. The van der Waals surface area contributed by atoms with Gasteiger partial charge in [-0.15, -0.1) is 0 Å². The Morgan fingerprint density at radius 3 is 2.79 bits per heavy atom. The van der Waals surface area contributed by atoms with Crippen molar-refractivity contribution in [3.05, 3.63) is 23.8 Å². The van der Waals surface area contributed by atoms with Crippen molar-refractivity contribution in [1.29, 1.82) is 0 Å². The van der Waals surface area contributed by atoms with Crippen LogP contribution in [-0.2, 0) is 0 Å². The molecule has 1 heterocycles. The zero-order valence-electron chi connectivity index (χ0n) is 8.70. The Balaban J connectivity index is 2.51. The van der Waals surface area contributed by atoms with Crippen LogP contribution in [0.5, 0.6) is 0 Å². The van der Waals surface area contributed by atoms with E-state index in [0.717, 1.165) is 24.4 Å². The lowest BCUT2D eigenvalue weighted by Crippen LogP contribution is -2.22. The van der Waals surface area contributed by atoms with Crippen LogP contribution >= 0.6 is 0 Å². The predicted molar refractivity (Wildman–Crippen MR) is 54.9 cm³/mol. The Labute approximate surface area is 84.4 Å². The molecule has 1 atom stereocenters. The second-order valence-corrected chi connectivity index (χ2v) is 3.28. The molecule has 0 aliphatic heterocycles. The minimum absolute atomic E-state index is 0.190. The number of hydrogen-bond acceptors (Lipinski definition) is 4. The standard InChI is InChI=1S/C10H17N3O/c1-8(11-4-3-7-14)10-9(2)12-5-6-13-10/h5-6,8,11,14H,3-4,7H2,1-2H3. The average molecular weight is 195 g/mol. The first-order valence-corrected chi connectivity index (χ1v) is 4.87. The van der Waals surface area contributed by atoms with E-state index in [0.29, 0.717) is 0 Å². The van der Waals surface area contributed by atoms with Crippen LogP contribution in [0.25, 0.3) is 0 Å². The summed E-state index contributed by atoms with van der Waals surface area (Å²) in [4.78, 5) is 8.45. The minimum atomic E-state index is 0.190. The van der Waals surface area contributed by atoms with Gasteiger partial charge in [0.15, 0.2) is 0 Å². The van der Waals surface area contributed by atoms with Crippen molar-refractivity contribution in [2.75, 3.05) is 13.2 Å². The first-order chi connectivity index (χ1) is 6.75. The fraction of sp³-hybridized carbons (Fsp3) is 0.600. The molecule has 4 heteroatoms. The molecule has 1 aromatic heterocycles. The third kappa shape index (κ3) is 3.05. The molecule has 0 fully saturated rings. The summed E-state index contributed by atoms with van der Waals surface area (Å²) in [6.45, 7) is 5.02. The molecule has 0 aromatic carbocycles. The molecule has 1 rings (SSSR count). The van der Waals surface area contributed by atoms with E-state index in [-0.39, 0.29) is 12.6 Å². The van der Waals surface area contributed by atoms with Gasteiger partial charge < -0.3 is 10.4 Å². The van der Waals surface area contributed by atoms with E-state index < -0.39 is 0 Å². The summed E-state index contributed by atoms with van der Waals surface area (Å²) in [5.74, 6) is 0. The van der Waals surface area contributed by atoms with Gasteiger partial charge in [-0.25, -0.2) is 0 Å². The fourth-order valence-electron chi connectivity index (χ4n) is 1.34. The van der Waals surface area contributed by atoms with Crippen LogP contribution in [0.4, 0.5) is 0 Å². The van der Waals surface area contributed by atoms with Crippen LogP contribution in [-0.4, -0.2) is 28.2 Å². The smallest absolute Gasteiger partial charge is 0.0782 e. The van der Waals surface area contributed by atoms with Crippen LogP contribution in [0.15, 0.2) is 12.4 Å².